The molecule has 0 unspecified atom stereocenters. The van der Waals surface area contributed by atoms with Gasteiger partial charge in [0.2, 0.25) is 0 Å². The van der Waals surface area contributed by atoms with Gasteiger partial charge in [0, 0.05) is 0 Å². The molecular formula is C10H20ClNO2. The highest BCUT2D eigenvalue weighted by molar-refractivity contribution is 5.85. The van der Waals surface area contributed by atoms with Gasteiger partial charge < -0.3 is 10.8 Å². The van der Waals surface area contributed by atoms with Crippen molar-refractivity contribution < 1.29 is 9.90 Å². The molecule has 1 rings (SSSR count). The minimum atomic E-state index is -0.947. The highest BCUT2D eigenvalue weighted by Gasteiger charge is 2.39. The second-order valence-electron chi connectivity index (χ2n) is 4.21. The first-order valence-corrected chi connectivity index (χ1v) is 5.11. The van der Waals surface area contributed by atoms with Crippen LogP contribution in [0.4, 0.5) is 0 Å². The predicted molar refractivity (Wildman–Crippen MR) is 58.7 cm³/mol. The molecule has 0 amide bonds. The molecule has 3 N–H and O–H groups in total. The molecule has 4 heteroatoms. The summed E-state index contributed by atoms with van der Waals surface area (Å²) in [6.07, 6.45) is 5.54. The summed E-state index contributed by atoms with van der Waals surface area (Å²) in [5.41, 5.74) is 4.92. The van der Waals surface area contributed by atoms with Crippen molar-refractivity contribution in [2.75, 3.05) is 0 Å². The second kappa shape index (κ2) is 5.56. The first kappa shape index (κ1) is 13.7. The SMILES string of the molecule is CCCC[C@@](N)(CC1CC1)C(=O)O.Cl. The van der Waals surface area contributed by atoms with Crippen molar-refractivity contribution >= 4 is 18.4 Å². The maximum absolute atomic E-state index is 11.0. The molecule has 1 fully saturated rings. The monoisotopic (exact) mass is 221 g/mol. The molecule has 0 saturated heterocycles. The van der Waals surface area contributed by atoms with E-state index in [9.17, 15) is 4.79 Å². The summed E-state index contributed by atoms with van der Waals surface area (Å²) >= 11 is 0. The van der Waals surface area contributed by atoms with Crippen LogP contribution in [0, 0.1) is 5.92 Å². The number of carbonyl (C=O) groups is 1. The minimum Gasteiger partial charge on any atom is -0.480 e. The van der Waals surface area contributed by atoms with Crippen LogP contribution in [0.15, 0.2) is 0 Å². The van der Waals surface area contributed by atoms with Crippen molar-refractivity contribution in [1.82, 2.24) is 0 Å². The van der Waals surface area contributed by atoms with E-state index in [1.807, 2.05) is 0 Å². The van der Waals surface area contributed by atoms with Crippen molar-refractivity contribution in [3.63, 3.8) is 0 Å². The van der Waals surface area contributed by atoms with Crippen LogP contribution >= 0.6 is 12.4 Å². The third-order valence-electron chi connectivity index (χ3n) is 2.75. The average Bonchev–Trinajstić information content (AvgIpc) is 2.84. The summed E-state index contributed by atoms with van der Waals surface area (Å²) in [5, 5.41) is 9.01. The summed E-state index contributed by atoms with van der Waals surface area (Å²) < 4.78 is 0. The van der Waals surface area contributed by atoms with Gasteiger partial charge in [-0.2, -0.15) is 0 Å². The number of halogens is 1. The van der Waals surface area contributed by atoms with E-state index in [2.05, 4.69) is 6.92 Å². The second-order valence-corrected chi connectivity index (χ2v) is 4.21. The summed E-state index contributed by atoms with van der Waals surface area (Å²) in [7, 11) is 0. The summed E-state index contributed by atoms with van der Waals surface area (Å²) in [6.45, 7) is 2.05. The lowest BCUT2D eigenvalue weighted by Gasteiger charge is -2.24. The standard InChI is InChI=1S/C10H19NO2.ClH/c1-2-3-6-10(11,9(12)13)7-8-4-5-8;/h8H,2-7,11H2,1H3,(H,12,13);1H/t10-;/m1./s1. The smallest absolute Gasteiger partial charge is 0.323 e. The molecule has 84 valence electrons. The summed E-state index contributed by atoms with van der Waals surface area (Å²) in [6, 6.07) is 0. The Morgan fingerprint density at radius 1 is 1.57 bits per heavy atom. The molecule has 0 spiro atoms. The van der Waals surface area contributed by atoms with E-state index in [-0.39, 0.29) is 12.4 Å². The maximum atomic E-state index is 11.0. The van der Waals surface area contributed by atoms with Crippen LogP contribution in [0.3, 0.4) is 0 Å². The Morgan fingerprint density at radius 2 is 2.14 bits per heavy atom. The van der Waals surface area contributed by atoms with Gasteiger partial charge in [0.1, 0.15) is 5.54 Å². The van der Waals surface area contributed by atoms with E-state index in [0.29, 0.717) is 18.8 Å². The lowest BCUT2D eigenvalue weighted by atomic mass is 9.88. The number of carboxylic acid groups (broad SMARTS) is 1. The van der Waals surface area contributed by atoms with Crippen LogP contribution in [0.2, 0.25) is 0 Å². The van der Waals surface area contributed by atoms with Gasteiger partial charge in [-0.1, -0.05) is 32.6 Å². The Hall–Kier alpha value is -0.280. The summed E-state index contributed by atoms with van der Waals surface area (Å²) in [5.74, 6) is -0.245. The molecule has 0 heterocycles. The largest absolute Gasteiger partial charge is 0.480 e. The van der Waals surface area contributed by atoms with Crippen LogP contribution in [-0.2, 0) is 4.79 Å². The predicted octanol–water partition coefficient (Wildman–Crippen LogP) is 2.18. The number of rotatable bonds is 6. The zero-order chi connectivity index (χ0) is 9.90. The normalized spacial score (nSPS) is 19.6. The molecule has 0 aromatic rings. The van der Waals surface area contributed by atoms with Crippen LogP contribution < -0.4 is 5.73 Å². The van der Waals surface area contributed by atoms with Gasteiger partial charge >= 0.3 is 5.97 Å². The van der Waals surface area contributed by atoms with E-state index in [0.717, 1.165) is 12.8 Å². The molecule has 0 aromatic heterocycles. The fourth-order valence-electron chi connectivity index (χ4n) is 1.63. The highest BCUT2D eigenvalue weighted by atomic mass is 35.5. The number of nitrogens with two attached hydrogens (primary N) is 1. The molecule has 14 heavy (non-hydrogen) atoms. The van der Waals surface area contributed by atoms with Gasteiger partial charge in [0.15, 0.2) is 0 Å². The number of aliphatic carboxylic acids is 1. The molecule has 0 aliphatic heterocycles. The molecular weight excluding hydrogens is 202 g/mol. The van der Waals surface area contributed by atoms with Crippen LogP contribution in [-0.4, -0.2) is 16.6 Å². The van der Waals surface area contributed by atoms with Crippen LogP contribution in [0.25, 0.3) is 0 Å². The quantitative estimate of drug-likeness (QED) is 0.723. The van der Waals surface area contributed by atoms with E-state index >= 15 is 0 Å². The van der Waals surface area contributed by atoms with Crippen molar-refractivity contribution in [2.45, 2.75) is 51.0 Å². The molecule has 1 aliphatic rings. The van der Waals surface area contributed by atoms with E-state index in [1.54, 1.807) is 0 Å². The third kappa shape index (κ3) is 3.84. The van der Waals surface area contributed by atoms with Gasteiger partial charge in [0.05, 0.1) is 0 Å². The lowest BCUT2D eigenvalue weighted by molar-refractivity contribution is -0.144. The minimum absolute atomic E-state index is 0. The molecule has 0 aromatic carbocycles. The number of unbranched alkanes of at least 4 members (excludes halogenated alkanes) is 1. The van der Waals surface area contributed by atoms with Crippen molar-refractivity contribution in [1.29, 1.82) is 0 Å². The first-order valence-electron chi connectivity index (χ1n) is 5.11. The Morgan fingerprint density at radius 3 is 2.50 bits per heavy atom. The zero-order valence-electron chi connectivity index (χ0n) is 8.66. The fourth-order valence-corrected chi connectivity index (χ4v) is 1.63. The topological polar surface area (TPSA) is 63.3 Å². The van der Waals surface area contributed by atoms with Gasteiger partial charge in [-0.25, -0.2) is 0 Å². The molecule has 1 saturated carbocycles. The third-order valence-corrected chi connectivity index (χ3v) is 2.75. The van der Waals surface area contributed by atoms with Crippen molar-refractivity contribution in [2.24, 2.45) is 11.7 Å². The molecule has 1 atom stereocenters. The fraction of sp³-hybridized carbons (Fsp3) is 0.900. The lowest BCUT2D eigenvalue weighted by Crippen LogP contribution is -2.48. The van der Waals surface area contributed by atoms with Crippen molar-refractivity contribution in [3.8, 4) is 0 Å². The zero-order valence-corrected chi connectivity index (χ0v) is 9.48. The van der Waals surface area contributed by atoms with E-state index in [1.165, 1.54) is 12.8 Å². The number of carboxylic acids is 1. The van der Waals surface area contributed by atoms with Gasteiger partial charge in [-0.15, -0.1) is 12.4 Å². The Labute approximate surface area is 91.5 Å². The molecule has 1 aliphatic carbocycles. The van der Waals surface area contributed by atoms with E-state index in [4.69, 9.17) is 10.8 Å². The maximum Gasteiger partial charge on any atom is 0.323 e. The van der Waals surface area contributed by atoms with Crippen LogP contribution in [0.5, 0.6) is 0 Å². The summed E-state index contributed by atoms with van der Waals surface area (Å²) in [4.78, 5) is 11.0. The molecule has 0 bridgehead atoms. The Kier molecular flexibility index (Phi) is 5.45. The highest BCUT2D eigenvalue weighted by Crippen LogP contribution is 2.37. The van der Waals surface area contributed by atoms with Gasteiger partial charge in [-0.3, -0.25) is 4.79 Å². The van der Waals surface area contributed by atoms with Crippen molar-refractivity contribution in [3.05, 3.63) is 0 Å². The number of hydrogen-bond donors (Lipinski definition) is 2. The average molecular weight is 222 g/mol. The Balaban J connectivity index is 0.00000169. The molecule has 0 radical (unpaired) electrons. The molecule has 3 nitrogen and oxygen atoms in total. The van der Waals surface area contributed by atoms with Gasteiger partial charge in [-0.05, 0) is 18.8 Å². The Bertz CT molecular complexity index is 195. The first-order chi connectivity index (χ1) is 6.08. The van der Waals surface area contributed by atoms with E-state index < -0.39 is 11.5 Å². The van der Waals surface area contributed by atoms with Crippen LogP contribution in [0.1, 0.15) is 45.4 Å². The number of hydrogen-bond acceptors (Lipinski definition) is 2. The van der Waals surface area contributed by atoms with Gasteiger partial charge in [0.25, 0.3) is 0 Å².